The van der Waals surface area contributed by atoms with Gasteiger partial charge < -0.3 is 14.5 Å². The van der Waals surface area contributed by atoms with Crippen LogP contribution in [-0.4, -0.2) is 28.3 Å². The van der Waals surface area contributed by atoms with Crippen LogP contribution in [0.1, 0.15) is 25.7 Å². The lowest BCUT2D eigenvalue weighted by atomic mass is 10.2. The van der Waals surface area contributed by atoms with E-state index in [1.807, 2.05) is 6.07 Å². The van der Waals surface area contributed by atoms with Gasteiger partial charge in [0.1, 0.15) is 5.75 Å². The third-order valence-electron chi connectivity index (χ3n) is 3.40. The molecule has 0 bridgehead atoms. The molecule has 0 spiro atoms. The number of nitrogens with zero attached hydrogens (tertiary/aromatic N) is 3. The molecule has 3 rings (SSSR count). The molecule has 1 aliphatic heterocycles. The lowest BCUT2D eigenvalue weighted by Crippen LogP contribution is -2.24. The van der Waals surface area contributed by atoms with E-state index in [2.05, 4.69) is 15.0 Å². The van der Waals surface area contributed by atoms with Gasteiger partial charge in [0, 0.05) is 18.7 Å². The van der Waals surface area contributed by atoms with Gasteiger partial charge in [-0.15, -0.1) is 0 Å². The fourth-order valence-corrected chi connectivity index (χ4v) is 2.37. The van der Waals surface area contributed by atoms with Crippen molar-refractivity contribution in [1.29, 1.82) is 0 Å². The van der Waals surface area contributed by atoms with Gasteiger partial charge in [-0.25, -0.2) is 0 Å². The number of rotatable bonds is 2. The first-order valence-corrected chi connectivity index (χ1v) is 6.71. The molecule has 1 fully saturated rings. The maximum atomic E-state index is 9.47. The molecule has 1 aliphatic rings. The second-order valence-corrected chi connectivity index (χ2v) is 4.85. The second kappa shape index (κ2) is 5.30. The van der Waals surface area contributed by atoms with Crippen molar-refractivity contribution in [3.63, 3.8) is 0 Å². The highest BCUT2D eigenvalue weighted by atomic mass is 16.5. The molecule has 5 nitrogen and oxygen atoms in total. The van der Waals surface area contributed by atoms with Gasteiger partial charge in [-0.1, -0.05) is 18.9 Å². The Labute approximate surface area is 111 Å². The number of benzene rings is 1. The van der Waals surface area contributed by atoms with Crippen LogP contribution in [0.15, 0.2) is 28.8 Å². The Balaban J connectivity index is 1.82. The van der Waals surface area contributed by atoms with E-state index in [-0.39, 0.29) is 5.75 Å². The average Bonchev–Trinajstić information content (AvgIpc) is 2.75. The molecular weight excluding hydrogens is 242 g/mol. The lowest BCUT2D eigenvalue weighted by molar-refractivity contribution is 0.428. The monoisotopic (exact) mass is 259 g/mol. The van der Waals surface area contributed by atoms with Crippen molar-refractivity contribution in [2.24, 2.45) is 0 Å². The van der Waals surface area contributed by atoms with Gasteiger partial charge in [-0.2, -0.15) is 4.98 Å². The molecule has 0 aliphatic carbocycles. The Morgan fingerprint density at radius 2 is 1.89 bits per heavy atom. The zero-order valence-electron chi connectivity index (χ0n) is 10.7. The summed E-state index contributed by atoms with van der Waals surface area (Å²) in [5.41, 5.74) is 0.744. The zero-order valence-corrected chi connectivity index (χ0v) is 10.7. The van der Waals surface area contributed by atoms with Crippen LogP contribution >= 0.6 is 0 Å². The first-order chi connectivity index (χ1) is 9.33. The molecule has 2 aromatic rings. The Hall–Kier alpha value is -2.04. The van der Waals surface area contributed by atoms with Crippen molar-refractivity contribution < 1.29 is 9.63 Å². The molecule has 0 unspecified atom stereocenters. The summed E-state index contributed by atoms with van der Waals surface area (Å²) < 4.78 is 5.29. The average molecular weight is 259 g/mol. The summed E-state index contributed by atoms with van der Waals surface area (Å²) in [4.78, 5) is 6.59. The van der Waals surface area contributed by atoms with E-state index < -0.39 is 0 Å². The first kappa shape index (κ1) is 12.0. The molecule has 0 atom stereocenters. The van der Waals surface area contributed by atoms with Gasteiger partial charge in [-0.05, 0) is 36.2 Å². The van der Waals surface area contributed by atoms with Crippen LogP contribution in [0.4, 0.5) is 5.95 Å². The van der Waals surface area contributed by atoms with Crippen LogP contribution in [0, 0.1) is 0 Å². The van der Waals surface area contributed by atoms with Crippen molar-refractivity contribution >= 4 is 5.95 Å². The Morgan fingerprint density at radius 3 is 2.63 bits per heavy atom. The molecule has 1 N–H and O–H groups in total. The number of aromatic hydroxyl groups is 1. The quantitative estimate of drug-likeness (QED) is 0.898. The molecule has 100 valence electrons. The van der Waals surface area contributed by atoms with E-state index in [1.165, 1.54) is 25.7 Å². The van der Waals surface area contributed by atoms with Crippen molar-refractivity contribution in [3.8, 4) is 17.2 Å². The minimum Gasteiger partial charge on any atom is -0.508 e. The number of phenols is 1. The topological polar surface area (TPSA) is 62.4 Å². The van der Waals surface area contributed by atoms with Gasteiger partial charge in [0.25, 0.3) is 11.8 Å². The SMILES string of the molecule is Oc1cccc(-c2nc(N3CCCCCC3)no2)c1. The maximum Gasteiger partial charge on any atom is 0.266 e. The summed E-state index contributed by atoms with van der Waals surface area (Å²) in [7, 11) is 0. The van der Waals surface area contributed by atoms with Gasteiger partial charge in [0.2, 0.25) is 0 Å². The number of hydrogen-bond acceptors (Lipinski definition) is 5. The van der Waals surface area contributed by atoms with E-state index in [4.69, 9.17) is 4.52 Å². The van der Waals surface area contributed by atoms with E-state index in [1.54, 1.807) is 18.2 Å². The predicted molar refractivity (Wildman–Crippen MR) is 72.1 cm³/mol. The highest BCUT2D eigenvalue weighted by Gasteiger charge is 2.16. The van der Waals surface area contributed by atoms with E-state index in [9.17, 15) is 5.11 Å². The molecule has 0 amide bonds. The molecule has 1 aromatic carbocycles. The van der Waals surface area contributed by atoms with Crippen LogP contribution < -0.4 is 4.90 Å². The van der Waals surface area contributed by atoms with Gasteiger partial charge in [-0.3, -0.25) is 0 Å². The summed E-state index contributed by atoms with van der Waals surface area (Å²) in [5, 5.41) is 13.5. The summed E-state index contributed by atoms with van der Waals surface area (Å²) in [6.45, 7) is 1.97. The number of hydrogen-bond donors (Lipinski definition) is 1. The van der Waals surface area contributed by atoms with Crippen molar-refractivity contribution in [2.75, 3.05) is 18.0 Å². The third-order valence-corrected chi connectivity index (χ3v) is 3.40. The smallest absolute Gasteiger partial charge is 0.266 e. The van der Waals surface area contributed by atoms with E-state index in [0.717, 1.165) is 18.7 Å². The highest BCUT2D eigenvalue weighted by Crippen LogP contribution is 2.24. The van der Waals surface area contributed by atoms with Gasteiger partial charge in [0.15, 0.2) is 0 Å². The van der Waals surface area contributed by atoms with Gasteiger partial charge >= 0.3 is 0 Å². The molecule has 0 saturated carbocycles. The van der Waals surface area contributed by atoms with E-state index in [0.29, 0.717) is 11.8 Å². The molecule has 1 aromatic heterocycles. The van der Waals surface area contributed by atoms with Crippen molar-refractivity contribution in [3.05, 3.63) is 24.3 Å². The minimum atomic E-state index is 0.201. The Bertz CT molecular complexity index is 545. The van der Waals surface area contributed by atoms with Crippen molar-refractivity contribution in [2.45, 2.75) is 25.7 Å². The summed E-state index contributed by atoms with van der Waals surface area (Å²) in [6.07, 6.45) is 4.90. The highest BCUT2D eigenvalue weighted by molar-refractivity contribution is 5.56. The van der Waals surface area contributed by atoms with Crippen LogP contribution in [0.3, 0.4) is 0 Å². The third kappa shape index (κ3) is 2.70. The first-order valence-electron chi connectivity index (χ1n) is 6.71. The second-order valence-electron chi connectivity index (χ2n) is 4.85. The standard InChI is InChI=1S/C14H17N3O2/c18-12-7-5-6-11(10-12)13-15-14(16-19-13)17-8-3-1-2-4-9-17/h5-7,10,18H,1-4,8-9H2. The van der Waals surface area contributed by atoms with Gasteiger partial charge in [0.05, 0.1) is 0 Å². The lowest BCUT2D eigenvalue weighted by Gasteiger charge is -2.16. The summed E-state index contributed by atoms with van der Waals surface area (Å²) in [6, 6.07) is 6.86. The molecule has 5 heteroatoms. The van der Waals surface area contributed by atoms with E-state index >= 15 is 0 Å². The molecule has 2 heterocycles. The Morgan fingerprint density at radius 1 is 1.11 bits per heavy atom. The zero-order chi connectivity index (χ0) is 13.1. The molecule has 19 heavy (non-hydrogen) atoms. The Kier molecular flexibility index (Phi) is 3.35. The van der Waals surface area contributed by atoms with Crippen LogP contribution in [-0.2, 0) is 0 Å². The fraction of sp³-hybridized carbons (Fsp3) is 0.429. The van der Waals surface area contributed by atoms with Crippen LogP contribution in [0.5, 0.6) is 5.75 Å². The molecule has 1 saturated heterocycles. The van der Waals surface area contributed by atoms with Crippen molar-refractivity contribution in [1.82, 2.24) is 10.1 Å². The largest absolute Gasteiger partial charge is 0.508 e. The summed E-state index contributed by atoms with van der Waals surface area (Å²) in [5.74, 6) is 1.31. The summed E-state index contributed by atoms with van der Waals surface area (Å²) >= 11 is 0. The number of anilines is 1. The fourth-order valence-electron chi connectivity index (χ4n) is 2.37. The predicted octanol–water partition coefficient (Wildman–Crippen LogP) is 2.82. The number of phenolic OH excluding ortho intramolecular Hbond substituents is 1. The molecule has 0 radical (unpaired) electrons. The minimum absolute atomic E-state index is 0.201. The maximum absolute atomic E-state index is 9.47. The molecular formula is C14H17N3O2. The van der Waals surface area contributed by atoms with Crippen LogP contribution in [0.25, 0.3) is 11.5 Å². The number of aromatic nitrogens is 2. The normalized spacial score (nSPS) is 16.3. The van der Waals surface area contributed by atoms with Crippen LogP contribution in [0.2, 0.25) is 0 Å².